The van der Waals surface area contributed by atoms with Gasteiger partial charge in [0.15, 0.2) is 0 Å². The second-order valence-corrected chi connectivity index (χ2v) is 4.16. The van der Waals surface area contributed by atoms with Gasteiger partial charge in [0, 0.05) is 23.6 Å². The molecule has 1 heterocycles. The molecule has 0 saturated heterocycles. The van der Waals surface area contributed by atoms with Crippen molar-refractivity contribution in [3.8, 4) is 0 Å². The number of imidazole rings is 1. The van der Waals surface area contributed by atoms with Crippen molar-refractivity contribution in [1.29, 1.82) is 0 Å². The first-order valence-electron chi connectivity index (χ1n) is 5.30. The number of carbonyl (C=O) groups excluding carboxylic acids is 1. The van der Waals surface area contributed by atoms with E-state index in [2.05, 4.69) is 10.3 Å². The quantitative estimate of drug-likeness (QED) is 0.809. The van der Waals surface area contributed by atoms with Crippen molar-refractivity contribution in [3.63, 3.8) is 0 Å². The molecule has 0 bridgehead atoms. The van der Waals surface area contributed by atoms with Gasteiger partial charge in [0.05, 0.1) is 6.33 Å². The van der Waals surface area contributed by atoms with Gasteiger partial charge in [0.1, 0.15) is 11.5 Å². The van der Waals surface area contributed by atoms with Gasteiger partial charge in [-0.25, -0.2) is 4.98 Å². The van der Waals surface area contributed by atoms with E-state index < -0.39 is 0 Å². The largest absolute Gasteiger partial charge is 0.389 e. The number of aromatic nitrogens is 2. The highest BCUT2D eigenvalue weighted by atomic mass is 32.1. The van der Waals surface area contributed by atoms with Crippen LogP contribution in [-0.2, 0) is 11.3 Å². The fraction of sp³-hybridized carbons (Fsp3) is 0.0833. The summed E-state index contributed by atoms with van der Waals surface area (Å²) in [5, 5.41) is 2.77. The maximum atomic E-state index is 11.7. The van der Waals surface area contributed by atoms with Gasteiger partial charge in [-0.2, -0.15) is 0 Å². The van der Waals surface area contributed by atoms with Crippen LogP contribution in [0.3, 0.4) is 0 Å². The molecule has 0 saturated carbocycles. The summed E-state index contributed by atoms with van der Waals surface area (Å²) in [5.41, 5.74) is 6.97. The van der Waals surface area contributed by atoms with Crippen LogP contribution in [0.15, 0.2) is 43.0 Å². The highest BCUT2D eigenvalue weighted by Gasteiger charge is 2.03. The monoisotopic (exact) mass is 260 g/mol. The van der Waals surface area contributed by atoms with Crippen molar-refractivity contribution in [2.24, 2.45) is 5.73 Å². The highest BCUT2D eigenvalue weighted by Crippen LogP contribution is 2.09. The van der Waals surface area contributed by atoms with Gasteiger partial charge in [0.25, 0.3) is 0 Å². The lowest BCUT2D eigenvalue weighted by atomic mass is 10.2. The first-order chi connectivity index (χ1) is 8.65. The third-order valence-corrected chi connectivity index (χ3v) is 2.57. The molecule has 3 N–H and O–H groups in total. The van der Waals surface area contributed by atoms with Gasteiger partial charge in [-0.3, -0.25) is 4.79 Å². The van der Waals surface area contributed by atoms with Gasteiger partial charge >= 0.3 is 0 Å². The Hall–Kier alpha value is -2.21. The lowest BCUT2D eigenvalue weighted by Gasteiger charge is -2.06. The van der Waals surface area contributed by atoms with Crippen LogP contribution in [0.25, 0.3) is 0 Å². The van der Waals surface area contributed by atoms with Crippen LogP contribution in [-0.4, -0.2) is 20.4 Å². The molecule has 0 radical (unpaired) electrons. The van der Waals surface area contributed by atoms with Crippen molar-refractivity contribution >= 4 is 28.8 Å². The minimum absolute atomic E-state index is 0.115. The minimum Gasteiger partial charge on any atom is -0.389 e. The lowest BCUT2D eigenvalue weighted by Crippen LogP contribution is -2.18. The molecule has 1 aromatic carbocycles. The normalized spacial score (nSPS) is 10.0. The van der Waals surface area contributed by atoms with E-state index in [0.29, 0.717) is 10.7 Å². The predicted molar refractivity (Wildman–Crippen MR) is 73.2 cm³/mol. The SMILES string of the molecule is NC(=S)c1ccc(NC(=O)Cn2ccnc2)cc1. The lowest BCUT2D eigenvalue weighted by molar-refractivity contribution is -0.116. The Balaban J connectivity index is 1.97. The molecule has 1 aromatic heterocycles. The summed E-state index contributed by atoms with van der Waals surface area (Å²) in [6.45, 7) is 0.233. The van der Waals surface area contributed by atoms with Gasteiger partial charge in [-0.1, -0.05) is 12.2 Å². The van der Waals surface area contributed by atoms with E-state index in [-0.39, 0.29) is 12.5 Å². The Kier molecular flexibility index (Phi) is 3.69. The van der Waals surface area contributed by atoms with Crippen molar-refractivity contribution in [1.82, 2.24) is 9.55 Å². The number of nitrogens with two attached hydrogens (primary N) is 1. The van der Waals surface area contributed by atoms with E-state index in [1.54, 1.807) is 47.6 Å². The molecular weight excluding hydrogens is 248 g/mol. The van der Waals surface area contributed by atoms with Crippen LogP contribution in [0, 0.1) is 0 Å². The second-order valence-electron chi connectivity index (χ2n) is 3.72. The van der Waals surface area contributed by atoms with E-state index in [1.165, 1.54) is 0 Å². The Bertz CT molecular complexity index is 548. The summed E-state index contributed by atoms with van der Waals surface area (Å²) < 4.78 is 1.69. The number of anilines is 1. The molecule has 5 nitrogen and oxygen atoms in total. The number of benzene rings is 1. The second kappa shape index (κ2) is 5.42. The molecule has 2 rings (SSSR count). The fourth-order valence-corrected chi connectivity index (χ4v) is 1.60. The number of amides is 1. The van der Waals surface area contributed by atoms with E-state index in [9.17, 15) is 4.79 Å². The number of hydrogen-bond donors (Lipinski definition) is 2. The molecule has 6 heteroatoms. The smallest absolute Gasteiger partial charge is 0.244 e. The molecule has 1 amide bonds. The van der Waals surface area contributed by atoms with Crippen molar-refractivity contribution in [2.45, 2.75) is 6.54 Å². The summed E-state index contributed by atoms with van der Waals surface area (Å²) in [7, 11) is 0. The van der Waals surface area contributed by atoms with Gasteiger partial charge < -0.3 is 15.6 Å². The third kappa shape index (κ3) is 3.14. The molecule has 0 fully saturated rings. The van der Waals surface area contributed by atoms with Crippen LogP contribution in [0.4, 0.5) is 5.69 Å². The molecule has 2 aromatic rings. The first-order valence-corrected chi connectivity index (χ1v) is 5.71. The zero-order valence-corrected chi connectivity index (χ0v) is 10.4. The molecule has 0 atom stereocenters. The van der Waals surface area contributed by atoms with E-state index in [0.717, 1.165) is 5.56 Å². The predicted octanol–water partition coefficient (Wildman–Crippen LogP) is 1.16. The fourth-order valence-electron chi connectivity index (χ4n) is 1.46. The number of carbonyl (C=O) groups is 1. The van der Waals surface area contributed by atoms with Crippen LogP contribution < -0.4 is 11.1 Å². The molecule has 0 aliphatic heterocycles. The van der Waals surface area contributed by atoms with E-state index >= 15 is 0 Å². The number of nitrogens with one attached hydrogen (secondary N) is 1. The van der Waals surface area contributed by atoms with Crippen LogP contribution in [0.5, 0.6) is 0 Å². The Labute approximate surface area is 110 Å². The zero-order chi connectivity index (χ0) is 13.0. The highest BCUT2D eigenvalue weighted by molar-refractivity contribution is 7.80. The zero-order valence-electron chi connectivity index (χ0n) is 9.54. The molecule has 92 valence electrons. The topological polar surface area (TPSA) is 72.9 Å². The van der Waals surface area contributed by atoms with Crippen molar-refractivity contribution in [2.75, 3.05) is 5.32 Å². The average molecular weight is 260 g/mol. The van der Waals surface area contributed by atoms with Crippen LogP contribution in [0.2, 0.25) is 0 Å². The van der Waals surface area contributed by atoms with E-state index in [1.807, 2.05) is 0 Å². The van der Waals surface area contributed by atoms with Gasteiger partial charge in [-0.05, 0) is 24.3 Å². The van der Waals surface area contributed by atoms with Gasteiger partial charge in [-0.15, -0.1) is 0 Å². The van der Waals surface area contributed by atoms with Crippen LogP contribution >= 0.6 is 12.2 Å². The Morgan fingerprint density at radius 3 is 2.67 bits per heavy atom. The number of rotatable bonds is 4. The summed E-state index contributed by atoms with van der Waals surface area (Å²) in [6.07, 6.45) is 4.95. The van der Waals surface area contributed by atoms with Gasteiger partial charge in [0.2, 0.25) is 5.91 Å². The van der Waals surface area contributed by atoms with Crippen LogP contribution in [0.1, 0.15) is 5.56 Å². The molecule has 0 aliphatic carbocycles. The average Bonchev–Trinajstić information content (AvgIpc) is 2.82. The molecule has 0 aliphatic rings. The maximum Gasteiger partial charge on any atom is 0.244 e. The molecular formula is C12H12N4OS. The Morgan fingerprint density at radius 1 is 1.39 bits per heavy atom. The number of hydrogen-bond acceptors (Lipinski definition) is 3. The summed E-state index contributed by atoms with van der Waals surface area (Å²) in [5.74, 6) is -0.115. The van der Waals surface area contributed by atoms with Crippen molar-refractivity contribution < 1.29 is 4.79 Å². The standard InChI is InChI=1S/C12H12N4OS/c13-12(18)9-1-3-10(4-2-9)15-11(17)7-16-6-5-14-8-16/h1-6,8H,7H2,(H2,13,18)(H,15,17). The van der Waals surface area contributed by atoms with Crippen molar-refractivity contribution in [3.05, 3.63) is 48.5 Å². The summed E-state index contributed by atoms with van der Waals surface area (Å²) in [4.78, 5) is 15.9. The molecule has 18 heavy (non-hydrogen) atoms. The first kappa shape index (κ1) is 12.3. The minimum atomic E-state index is -0.115. The summed E-state index contributed by atoms with van der Waals surface area (Å²) in [6, 6.07) is 7.07. The Morgan fingerprint density at radius 2 is 2.11 bits per heavy atom. The number of nitrogens with zero attached hydrogens (tertiary/aromatic N) is 2. The van der Waals surface area contributed by atoms with E-state index in [4.69, 9.17) is 18.0 Å². The third-order valence-electron chi connectivity index (χ3n) is 2.34. The molecule has 0 spiro atoms. The number of thiocarbonyl (C=S) groups is 1. The molecule has 0 unspecified atom stereocenters. The maximum absolute atomic E-state index is 11.7. The summed E-state index contributed by atoms with van der Waals surface area (Å²) >= 11 is 4.85.